The number of nitrogens with zero attached hydrogens (tertiary/aromatic N) is 1. The van der Waals surface area contributed by atoms with E-state index in [1.165, 1.54) is 13.0 Å². The first-order valence-electron chi connectivity index (χ1n) is 10.6. The van der Waals surface area contributed by atoms with Crippen LogP contribution in [-0.2, 0) is 31.1 Å². The van der Waals surface area contributed by atoms with Gasteiger partial charge in [-0.05, 0) is 67.7 Å². The molecular weight excluding hydrogens is 547 g/mol. The largest absolute Gasteiger partial charge is 0.487 e. The first kappa shape index (κ1) is 28.4. The Hall–Kier alpha value is -2.86. The molecule has 12 heteroatoms. The quantitative estimate of drug-likeness (QED) is 0.435. The summed E-state index contributed by atoms with van der Waals surface area (Å²) in [5.41, 5.74) is -0.426. The van der Waals surface area contributed by atoms with Crippen LogP contribution in [0, 0.1) is 12.7 Å². The average molecular weight is 575 g/mol. The van der Waals surface area contributed by atoms with Crippen LogP contribution in [0.3, 0.4) is 0 Å². The Kier molecular flexibility index (Phi) is 9.50. The summed E-state index contributed by atoms with van der Waals surface area (Å²) in [6, 6.07) is 10.4. The van der Waals surface area contributed by atoms with Gasteiger partial charge in [0.25, 0.3) is 0 Å². The minimum Gasteiger partial charge on any atom is -0.487 e. The van der Waals surface area contributed by atoms with E-state index < -0.39 is 45.9 Å². The van der Waals surface area contributed by atoms with E-state index in [0.717, 1.165) is 5.56 Å². The summed E-state index contributed by atoms with van der Waals surface area (Å²) in [7, 11) is -4.85. The molecular formula is C23H28BrFN2O7S. The lowest BCUT2D eigenvalue weighted by Gasteiger charge is -2.27. The summed E-state index contributed by atoms with van der Waals surface area (Å²) >= 11 is 3.10. The molecule has 0 heterocycles. The van der Waals surface area contributed by atoms with Crippen LogP contribution in [0.2, 0.25) is 0 Å². The van der Waals surface area contributed by atoms with Crippen molar-refractivity contribution >= 4 is 43.9 Å². The van der Waals surface area contributed by atoms with E-state index in [2.05, 4.69) is 15.9 Å². The summed E-state index contributed by atoms with van der Waals surface area (Å²) in [6.07, 6.45) is -1.30. The zero-order valence-electron chi connectivity index (χ0n) is 20.1. The number of rotatable bonds is 9. The van der Waals surface area contributed by atoms with Gasteiger partial charge in [0.2, 0.25) is 0 Å². The van der Waals surface area contributed by atoms with Crippen molar-refractivity contribution in [3.8, 4) is 5.75 Å². The molecule has 0 fully saturated rings. The Labute approximate surface area is 212 Å². The molecule has 2 aromatic rings. The molecule has 0 aromatic heterocycles. The Bertz CT molecular complexity index is 1170. The van der Waals surface area contributed by atoms with Gasteiger partial charge >= 0.3 is 22.3 Å². The van der Waals surface area contributed by atoms with Gasteiger partial charge in [0.1, 0.15) is 30.2 Å². The Balaban J connectivity index is 2.57. The Morgan fingerprint density at radius 3 is 2.37 bits per heavy atom. The van der Waals surface area contributed by atoms with Crippen molar-refractivity contribution in [2.24, 2.45) is 0 Å². The second-order valence-corrected chi connectivity index (χ2v) is 10.8. The van der Waals surface area contributed by atoms with Crippen LogP contribution in [0.1, 0.15) is 38.8 Å². The molecule has 0 bridgehead atoms. The van der Waals surface area contributed by atoms with Gasteiger partial charge in [0, 0.05) is 0 Å². The lowest BCUT2D eigenvalue weighted by Crippen LogP contribution is -2.48. The van der Waals surface area contributed by atoms with E-state index in [0.29, 0.717) is 9.87 Å². The van der Waals surface area contributed by atoms with E-state index in [1.807, 2.05) is 6.07 Å². The first-order chi connectivity index (χ1) is 16.2. The SMILES string of the molecule is CCOC(=O)CN(c1c(OCc2ccccc2)cc(C)c(Br)c1F)S(=O)(=O)NC(=O)OC(C)(C)C. The third kappa shape index (κ3) is 8.10. The van der Waals surface area contributed by atoms with Crippen LogP contribution in [0.4, 0.5) is 14.9 Å². The van der Waals surface area contributed by atoms with Crippen LogP contribution in [0.25, 0.3) is 0 Å². The standard InChI is InChI=1S/C23H28BrFN2O7S/c1-6-32-18(28)13-27(35(30,31)26-22(29)34-23(3,4)5)21-17(12-15(2)19(24)20(21)25)33-14-16-10-8-7-9-11-16/h7-12H,6,13-14H2,1-5H3,(H,26,29). The average Bonchev–Trinajstić information content (AvgIpc) is 2.74. The molecule has 0 unspecified atom stereocenters. The molecule has 0 aliphatic heterocycles. The van der Waals surface area contributed by atoms with Crippen LogP contribution < -0.4 is 13.8 Å². The Morgan fingerprint density at radius 2 is 1.80 bits per heavy atom. The van der Waals surface area contributed by atoms with Gasteiger partial charge < -0.3 is 14.2 Å². The maximum Gasteiger partial charge on any atom is 0.422 e. The number of hydrogen-bond donors (Lipinski definition) is 1. The number of benzene rings is 2. The number of anilines is 1. The summed E-state index contributed by atoms with van der Waals surface area (Å²) < 4.78 is 59.7. The van der Waals surface area contributed by atoms with Crippen molar-refractivity contribution < 1.29 is 36.6 Å². The molecule has 9 nitrogen and oxygen atoms in total. The highest BCUT2D eigenvalue weighted by molar-refractivity contribution is 9.10. The second-order valence-electron chi connectivity index (χ2n) is 8.36. The normalized spacial score (nSPS) is 11.5. The zero-order chi connectivity index (χ0) is 26.4. The molecule has 2 rings (SSSR count). The number of amides is 1. The van der Waals surface area contributed by atoms with Crippen LogP contribution >= 0.6 is 15.9 Å². The van der Waals surface area contributed by atoms with E-state index in [1.54, 1.807) is 56.7 Å². The number of halogens is 2. The lowest BCUT2D eigenvalue weighted by molar-refractivity contribution is -0.141. The van der Waals surface area contributed by atoms with Crippen molar-refractivity contribution in [1.29, 1.82) is 0 Å². The number of nitrogens with one attached hydrogen (secondary N) is 1. The van der Waals surface area contributed by atoms with Crippen LogP contribution in [0.15, 0.2) is 40.9 Å². The molecule has 0 aliphatic carbocycles. The number of carbonyl (C=O) groups is 2. The molecule has 0 saturated heterocycles. The number of carbonyl (C=O) groups excluding carboxylic acids is 2. The zero-order valence-corrected chi connectivity index (χ0v) is 22.5. The minimum atomic E-state index is -4.85. The van der Waals surface area contributed by atoms with Crippen molar-refractivity contribution in [1.82, 2.24) is 4.72 Å². The van der Waals surface area contributed by atoms with Crippen LogP contribution in [0.5, 0.6) is 5.75 Å². The molecule has 35 heavy (non-hydrogen) atoms. The van der Waals surface area contributed by atoms with E-state index in [9.17, 15) is 18.0 Å². The van der Waals surface area contributed by atoms with Gasteiger partial charge in [-0.3, -0.25) is 4.79 Å². The molecule has 1 amide bonds. The molecule has 2 aromatic carbocycles. The molecule has 0 spiro atoms. The summed E-state index contributed by atoms with van der Waals surface area (Å²) in [5.74, 6) is -2.13. The van der Waals surface area contributed by atoms with E-state index in [4.69, 9.17) is 14.2 Å². The number of hydrogen-bond acceptors (Lipinski definition) is 7. The van der Waals surface area contributed by atoms with Gasteiger partial charge in [-0.15, -0.1) is 0 Å². The maximum absolute atomic E-state index is 15.5. The summed E-state index contributed by atoms with van der Waals surface area (Å²) in [6.45, 7) is 6.78. The van der Waals surface area contributed by atoms with Gasteiger partial charge in [-0.1, -0.05) is 30.3 Å². The molecule has 0 aliphatic rings. The topological polar surface area (TPSA) is 111 Å². The third-order valence-electron chi connectivity index (χ3n) is 4.29. The van der Waals surface area contributed by atoms with Crippen molar-refractivity contribution in [3.63, 3.8) is 0 Å². The molecule has 192 valence electrons. The van der Waals surface area contributed by atoms with Gasteiger partial charge in [-0.2, -0.15) is 8.42 Å². The fourth-order valence-electron chi connectivity index (χ4n) is 2.86. The third-order valence-corrected chi connectivity index (χ3v) is 6.58. The fourth-order valence-corrected chi connectivity index (χ4v) is 4.21. The molecule has 0 radical (unpaired) electrons. The molecule has 0 saturated carbocycles. The van der Waals surface area contributed by atoms with E-state index in [-0.39, 0.29) is 23.4 Å². The minimum absolute atomic E-state index is 0.0128. The first-order valence-corrected chi connectivity index (χ1v) is 12.8. The maximum atomic E-state index is 15.5. The molecule has 0 atom stereocenters. The highest BCUT2D eigenvalue weighted by Crippen LogP contribution is 2.39. The highest BCUT2D eigenvalue weighted by Gasteiger charge is 2.35. The van der Waals surface area contributed by atoms with E-state index >= 15 is 4.39 Å². The van der Waals surface area contributed by atoms with Gasteiger partial charge in [0.15, 0.2) is 5.82 Å². The molecule has 1 N–H and O–H groups in total. The van der Waals surface area contributed by atoms with Crippen molar-refractivity contribution in [3.05, 3.63) is 57.8 Å². The van der Waals surface area contributed by atoms with Crippen molar-refractivity contribution in [2.75, 3.05) is 17.5 Å². The fraction of sp³-hybridized carbons (Fsp3) is 0.391. The predicted octanol–water partition coefficient (Wildman–Crippen LogP) is 4.61. The van der Waals surface area contributed by atoms with Crippen molar-refractivity contribution in [2.45, 2.75) is 46.8 Å². The second kappa shape index (κ2) is 11.7. The lowest BCUT2D eigenvalue weighted by atomic mass is 10.2. The monoisotopic (exact) mass is 574 g/mol. The Morgan fingerprint density at radius 1 is 1.17 bits per heavy atom. The van der Waals surface area contributed by atoms with Gasteiger partial charge in [0.05, 0.1) is 11.1 Å². The highest BCUT2D eigenvalue weighted by atomic mass is 79.9. The number of esters is 1. The summed E-state index contributed by atoms with van der Waals surface area (Å²) in [4.78, 5) is 24.5. The number of aryl methyl sites for hydroxylation is 1. The number of ether oxygens (including phenoxy) is 3. The van der Waals surface area contributed by atoms with Crippen LogP contribution in [-0.4, -0.2) is 39.2 Å². The smallest absolute Gasteiger partial charge is 0.422 e. The predicted molar refractivity (Wildman–Crippen MR) is 132 cm³/mol. The van der Waals surface area contributed by atoms with Gasteiger partial charge in [-0.25, -0.2) is 18.2 Å². The summed E-state index contributed by atoms with van der Waals surface area (Å²) in [5, 5.41) is 0.